The molecule has 1 rings (SSSR count). The van der Waals surface area contributed by atoms with Gasteiger partial charge in [0.05, 0.1) is 0 Å². The Morgan fingerprint density at radius 3 is 2.65 bits per heavy atom. The first-order chi connectivity index (χ1) is 8.13. The van der Waals surface area contributed by atoms with Crippen LogP contribution in [0.25, 0.3) is 0 Å². The summed E-state index contributed by atoms with van der Waals surface area (Å²) >= 11 is 0. The molecule has 0 amide bonds. The van der Waals surface area contributed by atoms with Crippen LogP contribution in [0.2, 0.25) is 0 Å². The van der Waals surface area contributed by atoms with Crippen LogP contribution in [0.15, 0.2) is 18.3 Å². The molecule has 0 aromatic carbocycles. The second-order valence-electron chi connectivity index (χ2n) is 4.96. The SMILES string of the molecule is CCCNc1cc(NCC(C)C(C)C)ccn1. The van der Waals surface area contributed by atoms with Crippen molar-refractivity contribution in [1.29, 1.82) is 0 Å². The van der Waals surface area contributed by atoms with E-state index in [0.29, 0.717) is 11.8 Å². The minimum absolute atomic E-state index is 0.676. The van der Waals surface area contributed by atoms with Crippen molar-refractivity contribution in [2.75, 3.05) is 23.7 Å². The number of aromatic nitrogens is 1. The van der Waals surface area contributed by atoms with Gasteiger partial charge in [-0.05, 0) is 24.3 Å². The van der Waals surface area contributed by atoms with Crippen molar-refractivity contribution in [2.45, 2.75) is 34.1 Å². The Morgan fingerprint density at radius 1 is 1.24 bits per heavy atom. The van der Waals surface area contributed by atoms with Gasteiger partial charge < -0.3 is 10.6 Å². The van der Waals surface area contributed by atoms with Crippen LogP contribution in [0, 0.1) is 11.8 Å². The maximum absolute atomic E-state index is 4.29. The lowest BCUT2D eigenvalue weighted by molar-refractivity contribution is 0.440. The lowest BCUT2D eigenvalue weighted by Gasteiger charge is -2.17. The van der Waals surface area contributed by atoms with Crippen molar-refractivity contribution >= 4 is 11.5 Å². The number of nitrogens with one attached hydrogen (secondary N) is 2. The molecule has 0 aliphatic heterocycles. The van der Waals surface area contributed by atoms with Crippen molar-refractivity contribution in [3.05, 3.63) is 18.3 Å². The van der Waals surface area contributed by atoms with E-state index in [1.165, 1.54) is 0 Å². The zero-order chi connectivity index (χ0) is 12.7. The molecule has 0 spiro atoms. The van der Waals surface area contributed by atoms with Gasteiger partial charge in [0.15, 0.2) is 0 Å². The van der Waals surface area contributed by atoms with Crippen LogP contribution in [-0.2, 0) is 0 Å². The third-order valence-electron chi connectivity index (χ3n) is 3.08. The first kappa shape index (κ1) is 13.8. The molecular formula is C14H25N3. The second kappa shape index (κ2) is 7.15. The number of anilines is 2. The fourth-order valence-electron chi connectivity index (χ4n) is 1.40. The van der Waals surface area contributed by atoms with Gasteiger partial charge in [-0.2, -0.15) is 0 Å². The summed E-state index contributed by atoms with van der Waals surface area (Å²) in [4.78, 5) is 4.29. The van der Waals surface area contributed by atoms with Crippen LogP contribution >= 0.6 is 0 Å². The van der Waals surface area contributed by atoms with E-state index in [2.05, 4.69) is 49.4 Å². The molecule has 1 aromatic heterocycles. The standard InChI is InChI=1S/C14H25N3/c1-5-7-15-14-9-13(6-8-16-14)17-10-12(4)11(2)3/h6,8-9,11-12H,5,7,10H2,1-4H3,(H2,15,16,17). The Labute approximate surface area is 105 Å². The molecule has 0 fully saturated rings. The van der Waals surface area contributed by atoms with E-state index in [1.54, 1.807) is 0 Å². The van der Waals surface area contributed by atoms with Gasteiger partial charge in [0.1, 0.15) is 5.82 Å². The second-order valence-corrected chi connectivity index (χ2v) is 4.96. The predicted octanol–water partition coefficient (Wildman–Crippen LogP) is 3.61. The van der Waals surface area contributed by atoms with Gasteiger partial charge in [-0.1, -0.05) is 27.7 Å². The molecule has 1 unspecified atom stereocenters. The Hall–Kier alpha value is -1.25. The lowest BCUT2D eigenvalue weighted by Crippen LogP contribution is -2.16. The highest BCUT2D eigenvalue weighted by Crippen LogP contribution is 2.15. The number of hydrogen-bond acceptors (Lipinski definition) is 3. The lowest BCUT2D eigenvalue weighted by atomic mass is 9.98. The topological polar surface area (TPSA) is 37.0 Å². The van der Waals surface area contributed by atoms with Crippen LogP contribution in [0.4, 0.5) is 11.5 Å². The highest BCUT2D eigenvalue weighted by atomic mass is 15.0. The Balaban J connectivity index is 2.48. The van der Waals surface area contributed by atoms with Crippen LogP contribution in [0.1, 0.15) is 34.1 Å². The molecule has 0 saturated heterocycles. The number of rotatable bonds is 7. The average molecular weight is 235 g/mol. The number of pyridine rings is 1. The summed E-state index contributed by atoms with van der Waals surface area (Å²) in [6.45, 7) is 10.9. The molecule has 1 atom stereocenters. The normalized spacial score (nSPS) is 12.5. The monoisotopic (exact) mass is 235 g/mol. The van der Waals surface area contributed by atoms with Gasteiger partial charge in [0, 0.05) is 31.0 Å². The molecule has 3 heteroatoms. The number of nitrogens with zero attached hydrogens (tertiary/aromatic N) is 1. The van der Waals surface area contributed by atoms with Crippen LogP contribution in [0.5, 0.6) is 0 Å². The zero-order valence-corrected chi connectivity index (χ0v) is 11.5. The summed E-state index contributed by atoms with van der Waals surface area (Å²) in [6.07, 6.45) is 2.96. The van der Waals surface area contributed by atoms with E-state index in [0.717, 1.165) is 31.0 Å². The maximum Gasteiger partial charge on any atom is 0.127 e. The molecule has 1 aromatic rings. The molecule has 0 radical (unpaired) electrons. The van der Waals surface area contributed by atoms with E-state index >= 15 is 0 Å². The smallest absolute Gasteiger partial charge is 0.127 e. The first-order valence-corrected chi connectivity index (χ1v) is 6.57. The predicted molar refractivity (Wildman–Crippen MR) is 75.5 cm³/mol. The van der Waals surface area contributed by atoms with Gasteiger partial charge in [-0.25, -0.2) is 4.98 Å². The van der Waals surface area contributed by atoms with Gasteiger partial charge in [0.2, 0.25) is 0 Å². The molecule has 3 nitrogen and oxygen atoms in total. The Bertz CT molecular complexity index is 323. The molecule has 1 heterocycles. The molecule has 96 valence electrons. The van der Waals surface area contributed by atoms with E-state index < -0.39 is 0 Å². The minimum atomic E-state index is 0.676. The molecule has 0 saturated carbocycles. The zero-order valence-electron chi connectivity index (χ0n) is 11.5. The summed E-state index contributed by atoms with van der Waals surface area (Å²) in [5.41, 5.74) is 1.14. The summed E-state index contributed by atoms with van der Waals surface area (Å²) in [5, 5.41) is 6.76. The van der Waals surface area contributed by atoms with E-state index in [-0.39, 0.29) is 0 Å². The van der Waals surface area contributed by atoms with Gasteiger partial charge >= 0.3 is 0 Å². The average Bonchev–Trinajstić information content (AvgIpc) is 2.33. The third kappa shape index (κ3) is 5.07. The Kier molecular flexibility index (Phi) is 5.81. The quantitative estimate of drug-likeness (QED) is 0.758. The van der Waals surface area contributed by atoms with E-state index in [1.807, 2.05) is 12.3 Å². The van der Waals surface area contributed by atoms with Gasteiger partial charge in [-0.15, -0.1) is 0 Å². The summed E-state index contributed by atoms with van der Waals surface area (Å²) in [6, 6.07) is 4.09. The Morgan fingerprint density at radius 2 is 2.00 bits per heavy atom. The van der Waals surface area contributed by atoms with Crippen LogP contribution < -0.4 is 10.6 Å². The first-order valence-electron chi connectivity index (χ1n) is 6.57. The molecule has 0 aliphatic rings. The largest absolute Gasteiger partial charge is 0.385 e. The van der Waals surface area contributed by atoms with Crippen molar-refractivity contribution in [1.82, 2.24) is 4.98 Å². The van der Waals surface area contributed by atoms with Crippen molar-refractivity contribution in [3.8, 4) is 0 Å². The third-order valence-corrected chi connectivity index (χ3v) is 3.08. The van der Waals surface area contributed by atoms with Crippen molar-refractivity contribution in [2.24, 2.45) is 11.8 Å². The molecular weight excluding hydrogens is 210 g/mol. The van der Waals surface area contributed by atoms with Crippen molar-refractivity contribution < 1.29 is 0 Å². The summed E-state index contributed by atoms with van der Waals surface area (Å²) in [5.74, 6) is 2.34. The van der Waals surface area contributed by atoms with Gasteiger partial charge in [-0.3, -0.25) is 0 Å². The molecule has 0 bridgehead atoms. The molecule has 0 aliphatic carbocycles. The summed E-state index contributed by atoms with van der Waals surface area (Å²) < 4.78 is 0. The minimum Gasteiger partial charge on any atom is -0.385 e. The highest BCUT2D eigenvalue weighted by molar-refractivity contribution is 5.51. The fraction of sp³-hybridized carbons (Fsp3) is 0.643. The molecule has 17 heavy (non-hydrogen) atoms. The summed E-state index contributed by atoms with van der Waals surface area (Å²) in [7, 11) is 0. The number of hydrogen-bond donors (Lipinski definition) is 2. The van der Waals surface area contributed by atoms with Crippen molar-refractivity contribution in [3.63, 3.8) is 0 Å². The highest BCUT2D eigenvalue weighted by Gasteiger charge is 2.06. The van der Waals surface area contributed by atoms with Crippen LogP contribution in [0.3, 0.4) is 0 Å². The molecule has 2 N–H and O–H groups in total. The fourth-order valence-corrected chi connectivity index (χ4v) is 1.40. The van der Waals surface area contributed by atoms with Gasteiger partial charge in [0.25, 0.3) is 0 Å². The van der Waals surface area contributed by atoms with Crippen LogP contribution in [-0.4, -0.2) is 18.1 Å². The van der Waals surface area contributed by atoms with E-state index in [4.69, 9.17) is 0 Å². The maximum atomic E-state index is 4.29. The van der Waals surface area contributed by atoms with E-state index in [9.17, 15) is 0 Å².